The molecule has 0 spiro atoms. The SMILES string of the molecule is CCCC1(C(=O)O)CCCN(C(=O)CC2CNCCO2)C1. The lowest BCUT2D eigenvalue weighted by Crippen LogP contribution is -2.51. The first-order valence-corrected chi connectivity index (χ1v) is 7.91. The molecule has 1 amide bonds. The van der Waals surface area contributed by atoms with Gasteiger partial charge in [0, 0.05) is 26.2 Å². The molecule has 2 atom stereocenters. The van der Waals surface area contributed by atoms with Crippen molar-refractivity contribution in [2.45, 2.75) is 45.1 Å². The zero-order valence-corrected chi connectivity index (χ0v) is 12.8. The Morgan fingerprint density at radius 3 is 2.90 bits per heavy atom. The highest BCUT2D eigenvalue weighted by Gasteiger charge is 2.42. The molecule has 2 unspecified atom stereocenters. The molecule has 2 rings (SSSR count). The summed E-state index contributed by atoms with van der Waals surface area (Å²) in [5.41, 5.74) is -0.756. The van der Waals surface area contributed by atoms with E-state index in [4.69, 9.17) is 4.74 Å². The highest BCUT2D eigenvalue weighted by Crippen LogP contribution is 2.35. The van der Waals surface area contributed by atoms with Crippen LogP contribution in [-0.4, -0.2) is 60.8 Å². The van der Waals surface area contributed by atoms with Gasteiger partial charge in [-0.05, 0) is 19.3 Å². The topological polar surface area (TPSA) is 78.9 Å². The first-order chi connectivity index (χ1) is 10.1. The van der Waals surface area contributed by atoms with Crippen molar-refractivity contribution >= 4 is 11.9 Å². The van der Waals surface area contributed by atoms with Crippen LogP contribution in [-0.2, 0) is 14.3 Å². The number of hydrogen-bond donors (Lipinski definition) is 2. The van der Waals surface area contributed by atoms with Gasteiger partial charge in [-0.1, -0.05) is 13.3 Å². The fraction of sp³-hybridized carbons (Fsp3) is 0.867. The molecule has 0 radical (unpaired) electrons. The number of rotatable bonds is 5. The van der Waals surface area contributed by atoms with Crippen molar-refractivity contribution in [3.8, 4) is 0 Å². The number of ether oxygens (including phenoxy) is 1. The third-order valence-electron chi connectivity index (χ3n) is 4.52. The molecule has 0 aromatic heterocycles. The molecule has 120 valence electrons. The maximum Gasteiger partial charge on any atom is 0.311 e. The number of aliphatic carboxylic acids is 1. The van der Waals surface area contributed by atoms with E-state index in [0.717, 1.165) is 19.4 Å². The van der Waals surface area contributed by atoms with Crippen LogP contribution in [0.5, 0.6) is 0 Å². The summed E-state index contributed by atoms with van der Waals surface area (Å²) in [4.78, 5) is 25.8. The van der Waals surface area contributed by atoms with Crippen LogP contribution in [0, 0.1) is 5.41 Å². The lowest BCUT2D eigenvalue weighted by molar-refractivity contribution is -0.156. The second kappa shape index (κ2) is 7.22. The third kappa shape index (κ3) is 3.95. The number of piperidine rings is 1. The molecule has 2 aliphatic heterocycles. The Labute approximate surface area is 125 Å². The maximum atomic E-state index is 12.4. The number of amides is 1. The van der Waals surface area contributed by atoms with Crippen LogP contribution < -0.4 is 5.32 Å². The molecular formula is C15H26N2O4. The molecule has 2 fully saturated rings. The number of nitrogens with zero attached hydrogens (tertiary/aromatic N) is 1. The summed E-state index contributed by atoms with van der Waals surface area (Å²) in [7, 11) is 0. The lowest BCUT2D eigenvalue weighted by atomic mass is 9.76. The number of hydrogen-bond acceptors (Lipinski definition) is 4. The van der Waals surface area contributed by atoms with Gasteiger partial charge in [0.15, 0.2) is 0 Å². The molecule has 2 N–H and O–H groups in total. The van der Waals surface area contributed by atoms with Crippen molar-refractivity contribution in [1.29, 1.82) is 0 Å². The average molecular weight is 298 g/mol. The molecule has 2 aliphatic rings. The van der Waals surface area contributed by atoms with E-state index in [1.807, 2.05) is 6.92 Å². The van der Waals surface area contributed by atoms with Crippen molar-refractivity contribution < 1.29 is 19.4 Å². The van der Waals surface area contributed by atoms with Crippen LogP contribution in [0.1, 0.15) is 39.0 Å². The van der Waals surface area contributed by atoms with Crippen LogP contribution in [0.25, 0.3) is 0 Å². The van der Waals surface area contributed by atoms with Crippen LogP contribution in [0.2, 0.25) is 0 Å². The fourth-order valence-electron chi connectivity index (χ4n) is 3.38. The number of carbonyl (C=O) groups is 2. The Morgan fingerprint density at radius 1 is 1.48 bits per heavy atom. The normalized spacial score (nSPS) is 30.1. The smallest absolute Gasteiger partial charge is 0.311 e. The number of morpholine rings is 1. The summed E-state index contributed by atoms with van der Waals surface area (Å²) in [6.07, 6.45) is 3.15. The van der Waals surface area contributed by atoms with E-state index in [9.17, 15) is 14.7 Å². The Morgan fingerprint density at radius 2 is 2.29 bits per heavy atom. The monoisotopic (exact) mass is 298 g/mol. The van der Waals surface area contributed by atoms with Crippen LogP contribution in [0.15, 0.2) is 0 Å². The Balaban J connectivity index is 1.95. The summed E-state index contributed by atoms with van der Waals surface area (Å²) in [6, 6.07) is 0. The zero-order valence-electron chi connectivity index (χ0n) is 12.8. The van der Waals surface area contributed by atoms with E-state index in [0.29, 0.717) is 45.5 Å². The highest BCUT2D eigenvalue weighted by atomic mass is 16.5. The standard InChI is InChI=1S/C15H26N2O4/c1-2-4-15(14(19)20)5-3-7-17(11-15)13(18)9-12-10-16-6-8-21-12/h12,16H,2-11H2,1H3,(H,19,20). The average Bonchev–Trinajstić information content (AvgIpc) is 2.48. The highest BCUT2D eigenvalue weighted by molar-refractivity contribution is 5.80. The molecule has 0 bridgehead atoms. The van der Waals surface area contributed by atoms with Crippen LogP contribution in [0.3, 0.4) is 0 Å². The summed E-state index contributed by atoms with van der Waals surface area (Å²) in [5.74, 6) is -0.748. The van der Waals surface area contributed by atoms with E-state index in [-0.39, 0.29) is 12.0 Å². The van der Waals surface area contributed by atoms with E-state index >= 15 is 0 Å². The van der Waals surface area contributed by atoms with Crippen LogP contribution >= 0.6 is 0 Å². The van der Waals surface area contributed by atoms with Gasteiger partial charge < -0.3 is 20.1 Å². The second-order valence-electron chi connectivity index (χ2n) is 6.16. The lowest BCUT2D eigenvalue weighted by Gasteiger charge is -2.40. The van der Waals surface area contributed by atoms with Crippen molar-refractivity contribution in [2.24, 2.45) is 5.41 Å². The first kappa shape index (κ1) is 16.2. The number of nitrogens with one attached hydrogen (secondary N) is 1. The van der Waals surface area contributed by atoms with Gasteiger partial charge in [0.2, 0.25) is 5.91 Å². The van der Waals surface area contributed by atoms with Crippen molar-refractivity contribution in [3.63, 3.8) is 0 Å². The number of likely N-dealkylation sites (tertiary alicyclic amines) is 1. The van der Waals surface area contributed by atoms with Crippen molar-refractivity contribution in [2.75, 3.05) is 32.8 Å². The molecular weight excluding hydrogens is 272 g/mol. The number of carbonyl (C=O) groups excluding carboxylic acids is 1. The predicted octanol–water partition coefficient (Wildman–Crippen LogP) is 0.858. The van der Waals surface area contributed by atoms with E-state index in [1.165, 1.54) is 0 Å². The van der Waals surface area contributed by atoms with Gasteiger partial charge in [0.25, 0.3) is 0 Å². The molecule has 0 saturated carbocycles. The quantitative estimate of drug-likeness (QED) is 0.787. The van der Waals surface area contributed by atoms with Gasteiger partial charge in [0.1, 0.15) is 0 Å². The Bertz CT molecular complexity index is 378. The molecule has 2 saturated heterocycles. The molecule has 0 aromatic rings. The maximum absolute atomic E-state index is 12.4. The van der Waals surface area contributed by atoms with E-state index in [1.54, 1.807) is 4.90 Å². The van der Waals surface area contributed by atoms with Gasteiger partial charge in [-0.25, -0.2) is 0 Å². The molecule has 6 nitrogen and oxygen atoms in total. The Kier molecular flexibility index (Phi) is 5.58. The number of carboxylic acid groups (broad SMARTS) is 1. The predicted molar refractivity (Wildman–Crippen MR) is 78.0 cm³/mol. The minimum absolute atomic E-state index is 0.0186. The van der Waals surface area contributed by atoms with E-state index < -0.39 is 11.4 Å². The second-order valence-corrected chi connectivity index (χ2v) is 6.16. The molecule has 2 heterocycles. The van der Waals surface area contributed by atoms with Crippen LogP contribution in [0.4, 0.5) is 0 Å². The molecule has 0 aliphatic carbocycles. The third-order valence-corrected chi connectivity index (χ3v) is 4.52. The minimum atomic E-state index is -0.766. The summed E-state index contributed by atoms with van der Waals surface area (Å²) in [6.45, 7) is 5.15. The molecule has 21 heavy (non-hydrogen) atoms. The first-order valence-electron chi connectivity index (χ1n) is 7.91. The number of carboxylic acids is 1. The summed E-state index contributed by atoms with van der Waals surface area (Å²) in [5, 5.41) is 12.8. The van der Waals surface area contributed by atoms with Gasteiger partial charge in [-0.2, -0.15) is 0 Å². The van der Waals surface area contributed by atoms with Gasteiger partial charge in [-0.15, -0.1) is 0 Å². The fourth-order valence-corrected chi connectivity index (χ4v) is 3.38. The van der Waals surface area contributed by atoms with Gasteiger partial charge in [0.05, 0.1) is 24.5 Å². The summed E-state index contributed by atoms with van der Waals surface area (Å²) < 4.78 is 5.56. The van der Waals surface area contributed by atoms with Crippen molar-refractivity contribution in [1.82, 2.24) is 10.2 Å². The van der Waals surface area contributed by atoms with E-state index in [2.05, 4.69) is 5.32 Å². The molecule has 6 heteroatoms. The van der Waals surface area contributed by atoms with Gasteiger partial charge in [-0.3, -0.25) is 9.59 Å². The molecule has 0 aromatic carbocycles. The minimum Gasteiger partial charge on any atom is -0.481 e. The van der Waals surface area contributed by atoms with Crippen molar-refractivity contribution in [3.05, 3.63) is 0 Å². The zero-order chi connectivity index (χ0) is 15.3. The van der Waals surface area contributed by atoms with Gasteiger partial charge >= 0.3 is 5.97 Å². The Hall–Kier alpha value is -1.14. The summed E-state index contributed by atoms with van der Waals surface area (Å²) >= 11 is 0. The largest absolute Gasteiger partial charge is 0.481 e.